The van der Waals surface area contributed by atoms with Crippen LogP contribution in [0.3, 0.4) is 0 Å². The van der Waals surface area contributed by atoms with Gasteiger partial charge in [0.25, 0.3) is 0 Å². The molecule has 0 aromatic heterocycles. The molecule has 0 heterocycles. The van der Waals surface area contributed by atoms with Crippen molar-refractivity contribution in [1.29, 1.82) is 0 Å². The van der Waals surface area contributed by atoms with Gasteiger partial charge in [0.15, 0.2) is 5.78 Å². The summed E-state index contributed by atoms with van der Waals surface area (Å²) in [6, 6.07) is 8.40. The van der Waals surface area contributed by atoms with Gasteiger partial charge in [0.1, 0.15) is 0 Å². The largest absolute Gasteiger partial charge is 0.295 e. The van der Waals surface area contributed by atoms with E-state index >= 15 is 0 Å². The van der Waals surface area contributed by atoms with E-state index in [-0.39, 0.29) is 11.2 Å². The van der Waals surface area contributed by atoms with Crippen molar-refractivity contribution < 1.29 is 4.79 Å². The fourth-order valence-electron chi connectivity index (χ4n) is 3.04. The molecule has 17 heavy (non-hydrogen) atoms. The van der Waals surface area contributed by atoms with Crippen LogP contribution in [0.25, 0.3) is 6.08 Å². The SMILES string of the molecule is O=C1C=Cc2ccccc2C2(C=CCCC2)C1. The van der Waals surface area contributed by atoms with Crippen molar-refractivity contribution in [1.82, 2.24) is 0 Å². The van der Waals surface area contributed by atoms with Gasteiger partial charge in [0.05, 0.1) is 0 Å². The second-order valence-electron chi connectivity index (χ2n) is 5.01. The van der Waals surface area contributed by atoms with E-state index in [9.17, 15) is 4.79 Å². The third kappa shape index (κ3) is 1.76. The molecule has 86 valence electrons. The topological polar surface area (TPSA) is 17.1 Å². The second-order valence-corrected chi connectivity index (χ2v) is 5.01. The van der Waals surface area contributed by atoms with E-state index < -0.39 is 0 Å². The number of allylic oxidation sites excluding steroid dienone is 3. The van der Waals surface area contributed by atoms with Crippen molar-refractivity contribution in [2.24, 2.45) is 0 Å². The number of benzene rings is 1. The predicted octanol–water partition coefficient (Wildman–Crippen LogP) is 3.65. The number of ketones is 1. The zero-order valence-corrected chi connectivity index (χ0v) is 9.86. The minimum Gasteiger partial charge on any atom is -0.295 e. The molecule has 1 spiro atoms. The van der Waals surface area contributed by atoms with Crippen molar-refractivity contribution >= 4 is 11.9 Å². The Labute approximate surface area is 102 Å². The maximum absolute atomic E-state index is 11.9. The molecule has 2 aliphatic rings. The van der Waals surface area contributed by atoms with Crippen LogP contribution in [-0.2, 0) is 10.2 Å². The Morgan fingerprint density at radius 1 is 1.12 bits per heavy atom. The molecule has 0 bridgehead atoms. The van der Waals surface area contributed by atoms with Crippen LogP contribution in [0.1, 0.15) is 36.8 Å². The van der Waals surface area contributed by atoms with Gasteiger partial charge in [-0.05, 0) is 36.5 Å². The zero-order valence-electron chi connectivity index (χ0n) is 9.86. The van der Waals surface area contributed by atoms with Crippen LogP contribution in [0.2, 0.25) is 0 Å². The van der Waals surface area contributed by atoms with Gasteiger partial charge in [-0.3, -0.25) is 4.79 Å². The molecule has 0 saturated carbocycles. The van der Waals surface area contributed by atoms with Gasteiger partial charge >= 0.3 is 0 Å². The third-order valence-electron chi connectivity index (χ3n) is 3.87. The molecule has 2 aliphatic carbocycles. The summed E-state index contributed by atoms with van der Waals surface area (Å²) in [7, 11) is 0. The lowest BCUT2D eigenvalue weighted by atomic mass is 9.70. The maximum atomic E-state index is 11.9. The van der Waals surface area contributed by atoms with E-state index in [4.69, 9.17) is 0 Å². The monoisotopic (exact) mass is 224 g/mol. The average Bonchev–Trinajstić information content (AvgIpc) is 2.49. The molecule has 0 saturated heterocycles. The van der Waals surface area contributed by atoms with Crippen LogP contribution in [0.15, 0.2) is 42.5 Å². The molecule has 1 unspecified atom stereocenters. The zero-order chi connectivity index (χ0) is 11.7. The summed E-state index contributed by atoms with van der Waals surface area (Å²) in [6.07, 6.45) is 12.2. The van der Waals surface area contributed by atoms with Gasteiger partial charge < -0.3 is 0 Å². The van der Waals surface area contributed by atoms with Crippen molar-refractivity contribution in [3.8, 4) is 0 Å². The summed E-state index contributed by atoms with van der Waals surface area (Å²) in [5.41, 5.74) is 2.47. The highest BCUT2D eigenvalue weighted by Crippen LogP contribution is 2.41. The summed E-state index contributed by atoms with van der Waals surface area (Å²) in [6.45, 7) is 0. The van der Waals surface area contributed by atoms with Gasteiger partial charge in [-0.15, -0.1) is 0 Å². The van der Waals surface area contributed by atoms with Crippen LogP contribution in [0, 0.1) is 0 Å². The molecule has 3 rings (SSSR count). The molecule has 0 radical (unpaired) electrons. The lowest BCUT2D eigenvalue weighted by Crippen LogP contribution is -2.28. The van der Waals surface area contributed by atoms with Crippen LogP contribution in [0.4, 0.5) is 0 Å². The van der Waals surface area contributed by atoms with Crippen molar-refractivity contribution in [2.45, 2.75) is 31.1 Å². The predicted molar refractivity (Wildman–Crippen MR) is 69.8 cm³/mol. The molecule has 1 nitrogen and oxygen atoms in total. The Bertz CT molecular complexity index is 510. The molecule has 0 amide bonds. The van der Waals surface area contributed by atoms with E-state index in [1.807, 2.05) is 12.1 Å². The fraction of sp³-hybridized carbons (Fsp3) is 0.312. The summed E-state index contributed by atoms with van der Waals surface area (Å²) in [5.74, 6) is 0.243. The molecule has 1 aromatic carbocycles. The summed E-state index contributed by atoms with van der Waals surface area (Å²) < 4.78 is 0. The van der Waals surface area contributed by atoms with E-state index in [2.05, 4.69) is 30.4 Å². The number of carbonyl (C=O) groups excluding carboxylic acids is 1. The van der Waals surface area contributed by atoms with Gasteiger partial charge in [-0.2, -0.15) is 0 Å². The number of hydrogen-bond acceptors (Lipinski definition) is 1. The summed E-state index contributed by atoms with van der Waals surface area (Å²) in [5, 5.41) is 0. The van der Waals surface area contributed by atoms with Crippen LogP contribution >= 0.6 is 0 Å². The Kier molecular flexibility index (Phi) is 2.47. The Morgan fingerprint density at radius 2 is 2.00 bits per heavy atom. The number of carbonyl (C=O) groups is 1. The molecule has 0 fully saturated rings. The van der Waals surface area contributed by atoms with E-state index in [0.717, 1.165) is 12.8 Å². The van der Waals surface area contributed by atoms with E-state index in [1.54, 1.807) is 6.08 Å². The average molecular weight is 224 g/mol. The minimum atomic E-state index is -0.0462. The number of rotatable bonds is 0. The number of hydrogen-bond donors (Lipinski definition) is 0. The van der Waals surface area contributed by atoms with Crippen LogP contribution in [-0.4, -0.2) is 5.78 Å². The first-order chi connectivity index (χ1) is 8.30. The van der Waals surface area contributed by atoms with Gasteiger partial charge in [0, 0.05) is 11.8 Å². The molecule has 1 aromatic rings. The minimum absolute atomic E-state index is 0.0462. The lowest BCUT2D eigenvalue weighted by Gasteiger charge is -2.33. The first-order valence-electron chi connectivity index (χ1n) is 6.28. The van der Waals surface area contributed by atoms with E-state index in [0.29, 0.717) is 6.42 Å². The van der Waals surface area contributed by atoms with Crippen LogP contribution < -0.4 is 0 Å². The lowest BCUT2D eigenvalue weighted by molar-refractivity contribution is -0.115. The van der Waals surface area contributed by atoms with Gasteiger partial charge in [-0.25, -0.2) is 0 Å². The number of fused-ring (bicyclic) bond motifs is 2. The van der Waals surface area contributed by atoms with Gasteiger partial charge in [0.2, 0.25) is 0 Å². The smallest absolute Gasteiger partial charge is 0.156 e. The standard InChI is InChI=1S/C16H16O/c17-14-9-8-13-6-2-3-7-15(13)16(12-14)10-4-1-5-11-16/h2-4,6-10H,1,5,11-12H2. The van der Waals surface area contributed by atoms with Crippen molar-refractivity contribution in [2.75, 3.05) is 0 Å². The highest BCUT2D eigenvalue weighted by molar-refractivity contribution is 5.96. The summed E-state index contributed by atoms with van der Waals surface area (Å²) >= 11 is 0. The fourth-order valence-corrected chi connectivity index (χ4v) is 3.04. The molecular weight excluding hydrogens is 208 g/mol. The molecule has 1 atom stereocenters. The molecule has 0 aliphatic heterocycles. The van der Waals surface area contributed by atoms with Gasteiger partial charge in [-0.1, -0.05) is 42.5 Å². The normalized spacial score (nSPS) is 26.9. The van der Waals surface area contributed by atoms with Crippen molar-refractivity contribution in [3.63, 3.8) is 0 Å². The quantitative estimate of drug-likeness (QED) is 0.615. The Balaban J connectivity index is 2.19. The summed E-state index contributed by atoms with van der Waals surface area (Å²) in [4.78, 5) is 11.9. The Morgan fingerprint density at radius 3 is 2.82 bits per heavy atom. The highest BCUT2D eigenvalue weighted by atomic mass is 16.1. The Hall–Kier alpha value is -1.63. The molecular formula is C16H16O. The van der Waals surface area contributed by atoms with E-state index in [1.165, 1.54) is 17.5 Å². The van der Waals surface area contributed by atoms with Crippen molar-refractivity contribution in [3.05, 3.63) is 53.6 Å². The highest BCUT2D eigenvalue weighted by Gasteiger charge is 2.35. The first kappa shape index (κ1) is 10.5. The molecule has 0 N–H and O–H groups in total. The molecule has 1 heteroatoms. The second kappa shape index (κ2) is 3.99. The first-order valence-corrected chi connectivity index (χ1v) is 6.28. The van der Waals surface area contributed by atoms with Crippen LogP contribution in [0.5, 0.6) is 0 Å². The third-order valence-corrected chi connectivity index (χ3v) is 3.87. The maximum Gasteiger partial charge on any atom is 0.156 e.